The Balaban J connectivity index is 1.05. The summed E-state index contributed by atoms with van der Waals surface area (Å²) in [5.41, 5.74) is 23.3. The first-order valence-electron chi connectivity index (χ1n) is 24.5. The summed E-state index contributed by atoms with van der Waals surface area (Å²) in [6.45, 7) is 10.7. The number of aromatic nitrogens is 1. The summed E-state index contributed by atoms with van der Waals surface area (Å²) in [7, 11) is 0. The topological polar surface area (TPSA) is 8.17 Å². The Morgan fingerprint density at radius 3 is 2.07 bits per heavy atom. The number of hydrogen-bond donors (Lipinski definition) is 0. The zero-order valence-electron chi connectivity index (χ0n) is 39.4. The Labute approximate surface area is 407 Å². The summed E-state index contributed by atoms with van der Waals surface area (Å²) >= 11 is 0. The van der Waals surface area contributed by atoms with Crippen molar-refractivity contribution in [3.05, 3.63) is 271 Å². The lowest BCUT2D eigenvalue weighted by atomic mass is 9.83. The van der Waals surface area contributed by atoms with Crippen LogP contribution in [0.25, 0.3) is 77.6 Å². The Hall–Kier alpha value is -8.20. The maximum absolute atomic E-state index is 4.69. The third-order valence-corrected chi connectivity index (χ3v) is 14.1. The zero-order chi connectivity index (χ0) is 46.7. The number of fused-ring (bicyclic) bond motifs is 3. The van der Waals surface area contributed by atoms with Crippen molar-refractivity contribution in [2.75, 3.05) is 4.90 Å². The minimum absolute atomic E-state index is 0.870. The highest BCUT2D eigenvalue weighted by molar-refractivity contribution is 6.12. The monoisotopic (exact) mass is 888 g/mol. The molecule has 0 bridgehead atoms. The van der Waals surface area contributed by atoms with E-state index in [1.54, 1.807) is 0 Å². The van der Waals surface area contributed by atoms with Gasteiger partial charge in [-0.05, 0) is 166 Å². The average molecular weight is 889 g/mol. The highest BCUT2D eigenvalue weighted by Crippen LogP contribution is 2.47. The number of anilines is 1. The van der Waals surface area contributed by atoms with E-state index in [0.29, 0.717) is 0 Å². The molecular weight excluding hydrogens is 833 g/mol. The van der Waals surface area contributed by atoms with Crippen LogP contribution in [0.1, 0.15) is 62.1 Å². The molecule has 0 N–H and O–H groups in total. The van der Waals surface area contributed by atoms with Gasteiger partial charge in [0.1, 0.15) is 0 Å². The molecule has 0 saturated carbocycles. The third kappa shape index (κ3) is 8.45. The van der Waals surface area contributed by atoms with Crippen molar-refractivity contribution in [3.8, 4) is 33.4 Å². The van der Waals surface area contributed by atoms with Gasteiger partial charge in [0.15, 0.2) is 0 Å². The van der Waals surface area contributed by atoms with Crippen molar-refractivity contribution in [2.24, 2.45) is 0 Å². The second-order valence-corrected chi connectivity index (χ2v) is 18.3. The lowest BCUT2D eigenvalue weighted by molar-refractivity contribution is 0.910. The molecule has 0 radical (unpaired) electrons. The Morgan fingerprint density at radius 1 is 0.594 bits per heavy atom. The molecule has 2 heterocycles. The van der Waals surface area contributed by atoms with Crippen molar-refractivity contribution in [1.29, 1.82) is 0 Å². The van der Waals surface area contributed by atoms with Gasteiger partial charge in [-0.25, -0.2) is 0 Å². The molecule has 0 fully saturated rings. The van der Waals surface area contributed by atoms with E-state index in [-0.39, 0.29) is 0 Å². The van der Waals surface area contributed by atoms with Gasteiger partial charge in [-0.3, -0.25) is 0 Å². The van der Waals surface area contributed by atoms with Crippen molar-refractivity contribution >= 4 is 49.9 Å². The molecule has 0 spiro atoms. The van der Waals surface area contributed by atoms with Crippen molar-refractivity contribution < 1.29 is 0 Å². The highest BCUT2D eigenvalue weighted by atomic mass is 15.1. The highest BCUT2D eigenvalue weighted by Gasteiger charge is 2.26. The van der Waals surface area contributed by atoms with Crippen LogP contribution in [0.3, 0.4) is 0 Å². The molecule has 2 nitrogen and oxygen atoms in total. The van der Waals surface area contributed by atoms with E-state index in [9.17, 15) is 0 Å². The first kappa shape index (κ1) is 43.4. The molecule has 69 heavy (non-hydrogen) atoms. The molecule has 0 unspecified atom stereocenters. The van der Waals surface area contributed by atoms with E-state index in [2.05, 4.69) is 242 Å². The number of nitrogens with zero attached hydrogens (tertiary/aromatic N) is 2. The average Bonchev–Trinajstić information content (AvgIpc) is 3.74. The molecule has 11 rings (SSSR count). The van der Waals surface area contributed by atoms with Gasteiger partial charge in [0.25, 0.3) is 0 Å². The summed E-state index contributed by atoms with van der Waals surface area (Å²) in [6, 6.07) is 49.7. The molecule has 1 aliphatic heterocycles. The molecule has 2 heteroatoms. The van der Waals surface area contributed by atoms with E-state index < -0.39 is 0 Å². The molecule has 4 aliphatic rings. The predicted molar refractivity (Wildman–Crippen MR) is 298 cm³/mol. The van der Waals surface area contributed by atoms with Gasteiger partial charge in [-0.2, -0.15) is 0 Å². The minimum Gasteiger partial charge on any atom is -0.320 e. The van der Waals surface area contributed by atoms with E-state index >= 15 is 0 Å². The lowest BCUT2D eigenvalue weighted by Crippen LogP contribution is -2.21. The van der Waals surface area contributed by atoms with Gasteiger partial charge in [0, 0.05) is 39.6 Å². The summed E-state index contributed by atoms with van der Waals surface area (Å²) < 4.78 is 2.51. The smallest absolute Gasteiger partial charge is 0.0544 e. The zero-order valence-corrected chi connectivity index (χ0v) is 39.4. The fourth-order valence-electron chi connectivity index (χ4n) is 10.7. The molecule has 0 saturated heterocycles. The fraction of sp³-hybridized carbons (Fsp3) is 0.104. The van der Waals surface area contributed by atoms with Crippen molar-refractivity contribution in [3.63, 3.8) is 0 Å². The van der Waals surface area contributed by atoms with Crippen LogP contribution in [-0.4, -0.2) is 4.57 Å². The third-order valence-electron chi connectivity index (χ3n) is 14.1. The molecule has 6 aromatic carbocycles. The van der Waals surface area contributed by atoms with Gasteiger partial charge >= 0.3 is 0 Å². The van der Waals surface area contributed by atoms with Gasteiger partial charge in [0.05, 0.1) is 11.0 Å². The normalized spacial score (nSPS) is 17.1. The number of rotatable bonds is 10. The number of hydrogen-bond acceptors (Lipinski definition) is 1. The van der Waals surface area contributed by atoms with E-state index in [1.165, 1.54) is 94.4 Å². The van der Waals surface area contributed by atoms with E-state index in [0.717, 1.165) is 60.9 Å². The molecule has 0 amide bonds. The summed E-state index contributed by atoms with van der Waals surface area (Å²) in [6.07, 6.45) is 38.7. The first-order valence-corrected chi connectivity index (χ1v) is 24.5. The number of allylic oxidation sites excluding steroid dienone is 21. The molecule has 7 aromatic rings. The van der Waals surface area contributed by atoms with Crippen LogP contribution >= 0.6 is 0 Å². The standard InChI is InChI=1S/C67H56N2/c1-4-20-48(21-5-2)50-31-33-53(34-32-50)67-61(51-25-12-7-13-26-51)45-58(46-62(67)52-27-14-8-15-28-52)68-41-19-18-22-47(3)60-42-54(36-39-64(60)68)55-37-40-65-63(43-55)59-38-35-56(49-23-10-6-11-24-49)44-66(59)69(65)57-29-16-9-17-30-57/h4-14,16,18-27,29,31-35,37-38,40-46H,1,3,15,17,28,30,36,39H2,2H3/b21-5-,22-18-,41-19-,48-20+. The van der Waals surface area contributed by atoms with E-state index in [1.807, 2.05) is 6.08 Å². The molecule has 1 aromatic heterocycles. The Morgan fingerprint density at radius 2 is 1.33 bits per heavy atom. The van der Waals surface area contributed by atoms with Gasteiger partial charge in [-0.15, -0.1) is 0 Å². The van der Waals surface area contributed by atoms with Crippen LogP contribution < -0.4 is 4.90 Å². The van der Waals surface area contributed by atoms with Crippen LogP contribution in [0.4, 0.5) is 5.69 Å². The van der Waals surface area contributed by atoms with Gasteiger partial charge in [0.2, 0.25) is 0 Å². The summed E-state index contributed by atoms with van der Waals surface area (Å²) in [5, 5.41) is 2.57. The van der Waals surface area contributed by atoms with Gasteiger partial charge < -0.3 is 9.47 Å². The minimum atomic E-state index is 0.870. The SMILES string of the molecule is C=C/C=C(\C=C/C)c1ccc(-c2c(C3=CC=CCC3)cc(N3/C=C\C=C/C(=C)C4=C3CCC(c3ccc5c(c3)c3ccc(-c6ccccc6)cc3n5C3=CC=CCC3)=C4)cc2-c2ccccc2)cc1. The second kappa shape index (κ2) is 19.2. The van der Waals surface area contributed by atoms with Crippen LogP contribution in [0.5, 0.6) is 0 Å². The quantitative estimate of drug-likeness (QED) is 0.124. The lowest BCUT2D eigenvalue weighted by Gasteiger charge is -2.32. The van der Waals surface area contributed by atoms with Crippen LogP contribution in [0.2, 0.25) is 0 Å². The van der Waals surface area contributed by atoms with Crippen LogP contribution in [-0.2, 0) is 0 Å². The largest absolute Gasteiger partial charge is 0.320 e. The van der Waals surface area contributed by atoms with Crippen molar-refractivity contribution in [1.82, 2.24) is 4.57 Å². The molecular formula is C67H56N2. The van der Waals surface area contributed by atoms with E-state index in [4.69, 9.17) is 6.58 Å². The Kier molecular flexibility index (Phi) is 12.1. The molecule has 334 valence electrons. The van der Waals surface area contributed by atoms with Crippen LogP contribution in [0.15, 0.2) is 255 Å². The molecule has 0 atom stereocenters. The summed E-state index contributed by atoms with van der Waals surface area (Å²) in [5.74, 6) is 0. The maximum Gasteiger partial charge on any atom is 0.0544 e. The predicted octanol–water partition coefficient (Wildman–Crippen LogP) is 18.4. The molecule has 3 aliphatic carbocycles. The maximum atomic E-state index is 4.69. The summed E-state index contributed by atoms with van der Waals surface area (Å²) in [4.78, 5) is 2.44. The Bertz CT molecular complexity index is 3490. The van der Waals surface area contributed by atoms with Crippen LogP contribution in [0, 0.1) is 0 Å². The van der Waals surface area contributed by atoms with Gasteiger partial charge in [-0.1, -0.05) is 183 Å². The fourth-order valence-corrected chi connectivity index (χ4v) is 10.7. The number of benzene rings is 6. The first-order chi connectivity index (χ1) is 34.1. The van der Waals surface area contributed by atoms with Crippen molar-refractivity contribution in [2.45, 2.75) is 45.4 Å². The second-order valence-electron chi connectivity index (χ2n) is 18.3.